The van der Waals surface area contributed by atoms with Crippen molar-refractivity contribution in [3.63, 3.8) is 0 Å². The molecule has 0 saturated heterocycles. The van der Waals surface area contributed by atoms with Gasteiger partial charge in [0.15, 0.2) is 0 Å². The quantitative estimate of drug-likeness (QED) is 0.594. The molecule has 3 aromatic rings. The average Bonchev–Trinajstić information content (AvgIpc) is 3.06. The first-order chi connectivity index (χ1) is 9.28. The molecular weight excluding hydrogens is 294 g/mol. The van der Waals surface area contributed by atoms with Crippen LogP contribution in [-0.4, -0.2) is 22.6 Å². The Morgan fingerprint density at radius 3 is 3.10 bits per heavy atom. The minimum Gasteiger partial charge on any atom is -0.481 e. The van der Waals surface area contributed by atoms with Crippen LogP contribution in [0.2, 0.25) is 0 Å². The van der Waals surface area contributed by atoms with Crippen LogP contribution in [0.15, 0.2) is 42.2 Å². The summed E-state index contributed by atoms with van der Waals surface area (Å²) in [5.41, 5.74) is 2.01. The largest absolute Gasteiger partial charge is 0.481 e. The number of nitrogens with zero attached hydrogens (tertiary/aromatic N) is 2. The standard InChI is InChI=1S/C14H13N3OS.ClH/c1-18-14(15)11-6-12(19-9-11)8-17-5-3-10-7-16-4-2-13(10)17;/h2-7,9,15H,8H2,1H3;1H. The van der Waals surface area contributed by atoms with E-state index < -0.39 is 0 Å². The summed E-state index contributed by atoms with van der Waals surface area (Å²) in [5.74, 6) is 0.212. The van der Waals surface area contributed by atoms with Crippen LogP contribution in [0.1, 0.15) is 10.4 Å². The molecule has 3 rings (SSSR count). The maximum Gasteiger partial charge on any atom is 0.213 e. The van der Waals surface area contributed by atoms with Crippen molar-refractivity contribution in [1.82, 2.24) is 9.55 Å². The third kappa shape index (κ3) is 2.69. The molecule has 0 amide bonds. The van der Waals surface area contributed by atoms with Crippen LogP contribution in [0.4, 0.5) is 0 Å². The minimum atomic E-state index is 0. The molecule has 0 atom stereocenters. The van der Waals surface area contributed by atoms with Gasteiger partial charge in [0.05, 0.1) is 19.2 Å². The third-order valence-corrected chi connectivity index (χ3v) is 3.94. The molecule has 0 saturated carbocycles. The van der Waals surface area contributed by atoms with Gasteiger partial charge in [0.25, 0.3) is 0 Å². The Morgan fingerprint density at radius 1 is 1.45 bits per heavy atom. The molecule has 20 heavy (non-hydrogen) atoms. The topological polar surface area (TPSA) is 50.9 Å². The number of pyridine rings is 1. The first-order valence-electron chi connectivity index (χ1n) is 5.87. The van der Waals surface area contributed by atoms with E-state index in [-0.39, 0.29) is 18.3 Å². The summed E-state index contributed by atoms with van der Waals surface area (Å²) in [6.07, 6.45) is 5.74. The zero-order chi connectivity index (χ0) is 13.2. The van der Waals surface area contributed by atoms with Crippen LogP contribution in [-0.2, 0) is 11.3 Å². The van der Waals surface area contributed by atoms with Gasteiger partial charge in [-0.1, -0.05) is 0 Å². The lowest BCUT2D eigenvalue weighted by molar-refractivity contribution is 0.401. The number of halogens is 1. The van der Waals surface area contributed by atoms with Crippen molar-refractivity contribution < 1.29 is 4.74 Å². The van der Waals surface area contributed by atoms with E-state index in [2.05, 4.69) is 21.8 Å². The molecule has 0 unspecified atom stereocenters. The highest BCUT2D eigenvalue weighted by Crippen LogP contribution is 2.20. The fraction of sp³-hybridized carbons (Fsp3) is 0.143. The van der Waals surface area contributed by atoms with Crippen molar-refractivity contribution in [3.8, 4) is 0 Å². The van der Waals surface area contributed by atoms with E-state index >= 15 is 0 Å². The van der Waals surface area contributed by atoms with Gasteiger partial charge in [-0.2, -0.15) is 0 Å². The van der Waals surface area contributed by atoms with Crippen molar-refractivity contribution in [2.24, 2.45) is 0 Å². The number of fused-ring (bicyclic) bond motifs is 1. The number of aromatic nitrogens is 2. The van der Waals surface area contributed by atoms with E-state index in [4.69, 9.17) is 10.1 Å². The summed E-state index contributed by atoms with van der Waals surface area (Å²) >= 11 is 1.64. The number of hydrogen-bond donors (Lipinski definition) is 1. The molecule has 0 spiro atoms. The second-order valence-electron chi connectivity index (χ2n) is 4.21. The maximum atomic E-state index is 7.64. The number of hydrogen-bond acceptors (Lipinski definition) is 4. The zero-order valence-corrected chi connectivity index (χ0v) is 12.5. The molecule has 4 nitrogen and oxygen atoms in total. The highest BCUT2D eigenvalue weighted by molar-refractivity contribution is 7.10. The molecule has 1 N–H and O–H groups in total. The van der Waals surface area contributed by atoms with Crippen LogP contribution < -0.4 is 0 Å². The lowest BCUT2D eigenvalue weighted by atomic mass is 10.3. The molecular formula is C14H14ClN3OS. The van der Waals surface area contributed by atoms with E-state index in [1.807, 2.05) is 23.7 Å². The predicted octanol–water partition coefficient (Wildman–Crippen LogP) is 3.54. The SMILES string of the molecule is COC(=N)c1csc(Cn2ccc3cnccc32)c1.Cl. The van der Waals surface area contributed by atoms with E-state index in [0.717, 1.165) is 17.5 Å². The summed E-state index contributed by atoms with van der Waals surface area (Å²) < 4.78 is 7.11. The van der Waals surface area contributed by atoms with Crippen LogP contribution in [0.5, 0.6) is 0 Å². The summed E-state index contributed by atoms with van der Waals surface area (Å²) in [5, 5.41) is 10.7. The maximum absolute atomic E-state index is 7.64. The summed E-state index contributed by atoms with van der Waals surface area (Å²) in [6.45, 7) is 0.801. The molecule has 3 aromatic heterocycles. The second kappa shape index (κ2) is 6.07. The third-order valence-electron chi connectivity index (χ3n) is 3.02. The van der Waals surface area contributed by atoms with Gasteiger partial charge in [-0.15, -0.1) is 23.7 Å². The van der Waals surface area contributed by atoms with E-state index in [0.29, 0.717) is 0 Å². The minimum absolute atomic E-state index is 0. The van der Waals surface area contributed by atoms with Gasteiger partial charge in [-0.05, 0) is 18.2 Å². The molecule has 0 bridgehead atoms. The molecule has 0 aliphatic heterocycles. The fourth-order valence-corrected chi connectivity index (χ4v) is 2.91. The summed E-state index contributed by atoms with van der Waals surface area (Å²) in [7, 11) is 1.52. The number of thiophene rings is 1. The number of ether oxygens (including phenoxy) is 1. The fourth-order valence-electron chi connectivity index (χ4n) is 2.05. The lowest BCUT2D eigenvalue weighted by Gasteiger charge is -2.02. The van der Waals surface area contributed by atoms with Crippen molar-refractivity contribution in [2.75, 3.05) is 7.11 Å². The highest BCUT2D eigenvalue weighted by Gasteiger charge is 2.07. The molecule has 6 heteroatoms. The number of methoxy groups -OCH3 is 1. The van der Waals surface area contributed by atoms with Gasteiger partial charge in [-0.25, -0.2) is 0 Å². The first kappa shape index (κ1) is 14.6. The Labute approximate surface area is 126 Å². The van der Waals surface area contributed by atoms with Gasteiger partial charge in [-0.3, -0.25) is 10.4 Å². The van der Waals surface area contributed by atoms with E-state index in [1.54, 1.807) is 17.5 Å². The van der Waals surface area contributed by atoms with Gasteiger partial charge in [0.2, 0.25) is 5.90 Å². The molecule has 3 heterocycles. The monoisotopic (exact) mass is 307 g/mol. The van der Waals surface area contributed by atoms with E-state index in [1.165, 1.54) is 17.5 Å². The lowest BCUT2D eigenvalue weighted by Crippen LogP contribution is -1.99. The normalized spacial score (nSPS) is 10.2. The number of nitrogens with one attached hydrogen (secondary N) is 1. The van der Waals surface area contributed by atoms with Crippen LogP contribution in [0, 0.1) is 5.41 Å². The molecule has 104 valence electrons. The van der Waals surface area contributed by atoms with Gasteiger partial charge in [0, 0.05) is 39.8 Å². The highest BCUT2D eigenvalue weighted by atomic mass is 35.5. The molecule has 0 aromatic carbocycles. The van der Waals surface area contributed by atoms with Gasteiger partial charge in [0.1, 0.15) is 0 Å². The molecule has 0 aliphatic carbocycles. The average molecular weight is 308 g/mol. The predicted molar refractivity (Wildman–Crippen MR) is 84.2 cm³/mol. The Hall–Kier alpha value is -1.85. The van der Waals surface area contributed by atoms with Crippen LogP contribution >= 0.6 is 23.7 Å². The molecule has 0 fully saturated rings. The van der Waals surface area contributed by atoms with Crippen molar-refractivity contribution in [3.05, 3.63) is 52.6 Å². The van der Waals surface area contributed by atoms with Crippen LogP contribution in [0.3, 0.4) is 0 Å². The van der Waals surface area contributed by atoms with Crippen molar-refractivity contribution >= 4 is 40.5 Å². The van der Waals surface area contributed by atoms with Crippen LogP contribution in [0.25, 0.3) is 10.9 Å². The second-order valence-corrected chi connectivity index (χ2v) is 5.21. The van der Waals surface area contributed by atoms with Crippen molar-refractivity contribution in [1.29, 1.82) is 5.41 Å². The summed E-state index contributed by atoms with van der Waals surface area (Å²) in [4.78, 5) is 5.32. The summed E-state index contributed by atoms with van der Waals surface area (Å²) in [6, 6.07) is 6.08. The van der Waals surface area contributed by atoms with E-state index in [9.17, 15) is 0 Å². The zero-order valence-electron chi connectivity index (χ0n) is 10.9. The smallest absolute Gasteiger partial charge is 0.213 e. The Morgan fingerprint density at radius 2 is 2.30 bits per heavy atom. The first-order valence-corrected chi connectivity index (χ1v) is 6.75. The number of rotatable bonds is 3. The van der Waals surface area contributed by atoms with Gasteiger partial charge >= 0.3 is 0 Å². The Bertz CT molecular complexity index is 735. The molecule has 0 radical (unpaired) electrons. The van der Waals surface area contributed by atoms with Crippen molar-refractivity contribution in [2.45, 2.75) is 6.54 Å². The van der Waals surface area contributed by atoms with Gasteiger partial charge < -0.3 is 9.30 Å². The Balaban J connectivity index is 0.00000147. The Kier molecular flexibility index (Phi) is 4.42. The molecule has 0 aliphatic rings.